The van der Waals surface area contributed by atoms with Crippen LogP contribution in [0.3, 0.4) is 0 Å². The quantitative estimate of drug-likeness (QED) is 0.365. The third kappa shape index (κ3) is 12.0. The van der Waals surface area contributed by atoms with Gasteiger partial charge in [-0.1, -0.05) is 18.9 Å². The minimum absolute atomic E-state index is 0. The Morgan fingerprint density at radius 3 is 2.33 bits per heavy atom. The first kappa shape index (κ1) is 12.3. The maximum absolute atomic E-state index is 3.76. The van der Waals surface area contributed by atoms with E-state index in [9.17, 15) is 0 Å². The molecule has 0 saturated heterocycles. The fourth-order valence-electron chi connectivity index (χ4n) is 0.642. The summed E-state index contributed by atoms with van der Waals surface area (Å²) in [6.07, 6.45) is 8.10. The molecular weight excluding hydrogens is 187 g/mol. The van der Waals surface area contributed by atoms with Crippen molar-refractivity contribution in [1.29, 1.82) is 0 Å². The summed E-state index contributed by atoms with van der Waals surface area (Å²) in [6.45, 7) is 7.40. The van der Waals surface area contributed by atoms with E-state index in [1.165, 1.54) is 25.7 Å². The van der Waals surface area contributed by atoms with E-state index in [0.717, 1.165) is 6.42 Å². The monoisotopic (exact) mass is 201 g/mol. The normalized spacial score (nSPS) is 8.11. The molecular formula is C8H15Zr-. The zero-order valence-corrected chi connectivity index (χ0v) is 8.49. The van der Waals surface area contributed by atoms with Crippen molar-refractivity contribution < 1.29 is 26.2 Å². The smallest absolute Gasteiger partial charge is 0 e. The SMILES string of the molecule is C=CCCCCC[CH2-].[Zr]. The average Bonchev–Trinajstić information content (AvgIpc) is 1.81. The third-order valence-corrected chi connectivity index (χ3v) is 1.16. The van der Waals surface area contributed by atoms with Gasteiger partial charge in [-0.25, -0.2) is 0 Å². The van der Waals surface area contributed by atoms with E-state index in [1.807, 2.05) is 6.08 Å². The molecule has 0 aromatic carbocycles. The molecule has 0 amide bonds. The van der Waals surface area contributed by atoms with Crippen LogP contribution in [0.15, 0.2) is 12.7 Å². The van der Waals surface area contributed by atoms with Crippen LogP contribution in [-0.2, 0) is 26.2 Å². The zero-order chi connectivity index (χ0) is 6.24. The molecule has 0 unspecified atom stereocenters. The van der Waals surface area contributed by atoms with Crippen LogP contribution in [0.2, 0.25) is 0 Å². The molecule has 0 saturated carbocycles. The Labute approximate surface area is 77.9 Å². The molecule has 0 aliphatic rings. The number of hydrogen-bond donors (Lipinski definition) is 0. The molecule has 0 spiro atoms. The number of allylic oxidation sites excluding steroid dienone is 1. The summed E-state index contributed by atoms with van der Waals surface area (Å²) < 4.78 is 0. The first-order valence-electron chi connectivity index (χ1n) is 3.32. The summed E-state index contributed by atoms with van der Waals surface area (Å²) in [7, 11) is 0. The van der Waals surface area contributed by atoms with Crippen LogP contribution >= 0.6 is 0 Å². The predicted octanol–water partition coefficient (Wildman–Crippen LogP) is 2.95. The summed E-state index contributed by atoms with van der Waals surface area (Å²) >= 11 is 0. The molecule has 0 aliphatic carbocycles. The summed E-state index contributed by atoms with van der Waals surface area (Å²) in [6, 6.07) is 0. The molecule has 0 aromatic heterocycles. The molecule has 0 nitrogen and oxygen atoms in total. The van der Waals surface area contributed by atoms with E-state index in [-0.39, 0.29) is 26.2 Å². The fraction of sp³-hybridized carbons (Fsp3) is 0.625. The van der Waals surface area contributed by atoms with Gasteiger partial charge in [0.2, 0.25) is 0 Å². The van der Waals surface area contributed by atoms with Gasteiger partial charge in [-0.3, -0.25) is 0 Å². The van der Waals surface area contributed by atoms with Gasteiger partial charge in [-0.05, 0) is 12.8 Å². The van der Waals surface area contributed by atoms with Crippen LogP contribution in [-0.4, -0.2) is 0 Å². The van der Waals surface area contributed by atoms with Crippen LogP contribution in [0, 0.1) is 6.92 Å². The van der Waals surface area contributed by atoms with Crippen LogP contribution in [0.25, 0.3) is 0 Å². The molecule has 1 heteroatoms. The van der Waals surface area contributed by atoms with Crippen molar-refractivity contribution in [3.05, 3.63) is 19.6 Å². The van der Waals surface area contributed by atoms with E-state index in [2.05, 4.69) is 13.5 Å². The Kier molecular flexibility index (Phi) is 15.6. The largest absolute Gasteiger partial charge is 0.343 e. The molecule has 9 heavy (non-hydrogen) atoms. The van der Waals surface area contributed by atoms with Crippen molar-refractivity contribution in [2.45, 2.75) is 32.1 Å². The summed E-state index contributed by atoms with van der Waals surface area (Å²) in [5, 5.41) is 0. The van der Waals surface area contributed by atoms with E-state index in [1.54, 1.807) is 0 Å². The molecule has 52 valence electrons. The van der Waals surface area contributed by atoms with E-state index >= 15 is 0 Å². The summed E-state index contributed by atoms with van der Waals surface area (Å²) in [4.78, 5) is 0. The topological polar surface area (TPSA) is 0 Å². The molecule has 0 fully saturated rings. The van der Waals surface area contributed by atoms with E-state index < -0.39 is 0 Å². The Balaban J connectivity index is 0. The molecule has 0 aliphatic heterocycles. The van der Waals surface area contributed by atoms with Crippen molar-refractivity contribution in [2.75, 3.05) is 0 Å². The standard InChI is InChI=1S/C8H15.Zr/c1-3-5-7-8-6-4-2;/h3H,1-2,4-8H2;/q-1;. The predicted molar refractivity (Wildman–Crippen MR) is 38.6 cm³/mol. The molecule has 0 rings (SSSR count). The van der Waals surface area contributed by atoms with E-state index in [0.29, 0.717) is 0 Å². The van der Waals surface area contributed by atoms with Crippen molar-refractivity contribution in [3.63, 3.8) is 0 Å². The zero-order valence-electron chi connectivity index (χ0n) is 6.03. The maximum atomic E-state index is 3.76. The Morgan fingerprint density at radius 1 is 1.22 bits per heavy atom. The van der Waals surface area contributed by atoms with Gasteiger partial charge in [-0.15, -0.1) is 6.58 Å². The number of hydrogen-bond acceptors (Lipinski definition) is 0. The van der Waals surface area contributed by atoms with Crippen molar-refractivity contribution in [2.24, 2.45) is 0 Å². The second kappa shape index (κ2) is 11.4. The van der Waals surface area contributed by atoms with Crippen molar-refractivity contribution in [3.8, 4) is 0 Å². The van der Waals surface area contributed by atoms with Gasteiger partial charge in [-0.2, -0.15) is 6.42 Å². The number of rotatable bonds is 5. The Hall–Kier alpha value is 0.623. The van der Waals surface area contributed by atoms with Crippen molar-refractivity contribution >= 4 is 0 Å². The van der Waals surface area contributed by atoms with Gasteiger partial charge in [0.05, 0.1) is 0 Å². The first-order valence-corrected chi connectivity index (χ1v) is 3.32. The molecule has 0 heterocycles. The van der Waals surface area contributed by atoms with Crippen LogP contribution in [0.4, 0.5) is 0 Å². The molecule has 0 bridgehead atoms. The van der Waals surface area contributed by atoms with E-state index in [4.69, 9.17) is 0 Å². The second-order valence-corrected chi connectivity index (χ2v) is 1.99. The van der Waals surface area contributed by atoms with Crippen LogP contribution in [0.5, 0.6) is 0 Å². The minimum atomic E-state index is 0. The summed E-state index contributed by atoms with van der Waals surface area (Å²) in [5.74, 6) is 0. The van der Waals surface area contributed by atoms with Gasteiger partial charge in [0, 0.05) is 26.2 Å². The Bertz CT molecular complexity index is 50.5. The van der Waals surface area contributed by atoms with Crippen molar-refractivity contribution in [1.82, 2.24) is 0 Å². The minimum Gasteiger partial charge on any atom is -0.343 e. The molecule has 0 atom stereocenters. The van der Waals surface area contributed by atoms with Gasteiger partial charge >= 0.3 is 0 Å². The van der Waals surface area contributed by atoms with Gasteiger partial charge in [0.25, 0.3) is 0 Å². The van der Waals surface area contributed by atoms with Gasteiger partial charge in [0.1, 0.15) is 0 Å². The molecule has 0 radical (unpaired) electrons. The molecule has 0 N–H and O–H groups in total. The number of unbranched alkanes of at least 4 members (excludes halogenated alkanes) is 4. The van der Waals surface area contributed by atoms with Gasteiger partial charge < -0.3 is 6.92 Å². The third-order valence-electron chi connectivity index (χ3n) is 1.16. The Morgan fingerprint density at radius 2 is 1.89 bits per heavy atom. The van der Waals surface area contributed by atoms with Crippen LogP contribution in [0.1, 0.15) is 32.1 Å². The fourth-order valence-corrected chi connectivity index (χ4v) is 0.642. The van der Waals surface area contributed by atoms with Crippen LogP contribution < -0.4 is 0 Å². The molecule has 0 aromatic rings. The average molecular weight is 202 g/mol. The first-order chi connectivity index (χ1) is 3.91. The van der Waals surface area contributed by atoms with Gasteiger partial charge in [0.15, 0.2) is 0 Å². The summed E-state index contributed by atoms with van der Waals surface area (Å²) in [5.41, 5.74) is 0. The second-order valence-electron chi connectivity index (χ2n) is 1.99. The maximum Gasteiger partial charge on any atom is 0 e.